The van der Waals surface area contributed by atoms with Crippen LogP contribution >= 0.6 is 0 Å². The highest BCUT2D eigenvalue weighted by molar-refractivity contribution is 7.92. The third-order valence-corrected chi connectivity index (χ3v) is 8.32. The van der Waals surface area contributed by atoms with Gasteiger partial charge in [-0.3, -0.25) is 9.10 Å². The summed E-state index contributed by atoms with van der Waals surface area (Å²) in [5.74, 6) is -0.612. The molecule has 1 saturated heterocycles. The van der Waals surface area contributed by atoms with E-state index in [-0.39, 0.29) is 28.4 Å². The summed E-state index contributed by atoms with van der Waals surface area (Å²) in [4.78, 5) is 11.1. The third-order valence-electron chi connectivity index (χ3n) is 4.61. The molecule has 2 aromatic rings. The van der Waals surface area contributed by atoms with E-state index in [1.54, 1.807) is 0 Å². The third kappa shape index (κ3) is 4.27. The van der Waals surface area contributed by atoms with Gasteiger partial charge in [-0.2, -0.15) is 4.31 Å². The number of amides is 1. The predicted octanol–water partition coefficient (Wildman–Crippen LogP) is 0.632. The van der Waals surface area contributed by atoms with Crippen molar-refractivity contribution >= 4 is 31.6 Å². The van der Waals surface area contributed by atoms with Gasteiger partial charge in [0.15, 0.2) is 0 Å². The fourth-order valence-electron chi connectivity index (χ4n) is 2.85. The number of hydrogen-bond acceptors (Lipinski definition) is 6. The van der Waals surface area contributed by atoms with Crippen LogP contribution in [0, 0.1) is 0 Å². The van der Waals surface area contributed by atoms with Gasteiger partial charge in [0.2, 0.25) is 15.9 Å². The van der Waals surface area contributed by atoms with E-state index in [0.717, 1.165) is 4.31 Å². The Morgan fingerprint density at radius 3 is 1.97 bits per heavy atom. The van der Waals surface area contributed by atoms with Gasteiger partial charge in [-0.05, 0) is 48.5 Å². The van der Waals surface area contributed by atoms with E-state index in [4.69, 9.17) is 10.5 Å². The molecule has 11 heteroatoms. The van der Waals surface area contributed by atoms with Gasteiger partial charge in [-0.15, -0.1) is 0 Å². The minimum atomic E-state index is -3.92. The molecular formula is C18H21N3O6S2. The van der Waals surface area contributed by atoms with Gasteiger partial charge >= 0.3 is 0 Å². The van der Waals surface area contributed by atoms with Crippen LogP contribution in [-0.4, -0.2) is 60.4 Å². The van der Waals surface area contributed by atoms with E-state index in [0.29, 0.717) is 18.9 Å². The molecule has 1 aliphatic heterocycles. The molecule has 0 radical (unpaired) electrons. The number of benzene rings is 2. The Balaban J connectivity index is 1.85. The van der Waals surface area contributed by atoms with Crippen molar-refractivity contribution in [3.8, 4) is 0 Å². The van der Waals surface area contributed by atoms with E-state index < -0.39 is 26.0 Å². The molecule has 0 bridgehead atoms. The number of rotatable bonds is 6. The predicted molar refractivity (Wildman–Crippen MR) is 107 cm³/mol. The quantitative estimate of drug-likeness (QED) is 0.703. The number of anilines is 1. The molecule has 0 spiro atoms. The Labute approximate surface area is 169 Å². The summed E-state index contributed by atoms with van der Waals surface area (Å²) in [5, 5.41) is 0. The summed E-state index contributed by atoms with van der Waals surface area (Å²) in [6.07, 6.45) is 0. The zero-order valence-electron chi connectivity index (χ0n) is 15.7. The maximum absolute atomic E-state index is 12.9. The van der Waals surface area contributed by atoms with Crippen LogP contribution < -0.4 is 10.0 Å². The van der Waals surface area contributed by atoms with Crippen LogP contribution in [0.1, 0.15) is 10.4 Å². The number of sulfonamides is 2. The average molecular weight is 440 g/mol. The largest absolute Gasteiger partial charge is 0.379 e. The normalized spacial score (nSPS) is 15.8. The first-order chi connectivity index (χ1) is 13.6. The van der Waals surface area contributed by atoms with Crippen LogP contribution in [0.5, 0.6) is 0 Å². The molecular weight excluding hydrogens is 418 g/mol. The van der Waals surface area contributed by atoms with Crippen molar-refractivity contribution in [2.45, 2.75) is 9.79 Å². The van der Waals surface area contributed by atoms with E-state index in [2.05, 4.69) is 0 Å². The highest BCUT2D eigenvalue weighted by Crippen LogP contribution is 2.24. The molecule has 29 heavy (non-hydrogen) atoms. The van der Waals surface area contributed by atoms with Gasteiger partial charge in [0.25, 0.3) is 10.0 Å². The lowest BCUT2D eigenvalue weighted by Crippen LogP contribution is -2.40. The molecule has 0 atom stereocenters. The number of ether oxygens (including phenoxy) is 1. The number of hydrogen-bond donors (Lipinski definition) is 1. The standard InChI is InChI=1S/C18H21N3O6S2/c1-20(15-4-2-14(3-5-15)18(19)22)28(23,24)16-6-8-17(9-7-16)29(25,26)21-10-12-27-13-11-21/h2-9H,10-13H2,1H3,(H2,19,22). The molecule has 1 fully saturated rings. The smallest absolute Gasteiger partial charge is 0.264 e. The highest BCUT2D eigenvalue weighted by atomic mass is 32.2. The second kappa shape index (κ2) is 8.11. The zero-order chi connectivity index (χ0) is 21.2. The lowest BCUT2D eigenvalue weighted by molar-refractivity contribution is 0.0730. The maximum atomic E-state index is 12.9. The molecule has 1 aliphatic rings. The van der Waals surface area contributed by atoms with Crippen LogP contribution in [-0.2, 0) is 24.8 Å². The van der Waals surface area contributed by atoms with Crippen molar-refractivity contribution in [3.05, 3.63) is 54.1 Å². The minimum absolute atomic E-state index is 0.0202. The van der Waals surface area contributed by atoms with E-state index in [9.17, 15) is 21.6 Å². The van der Waals surface area contributed by atoms with Crippen molar-refractivity contribution in [1.82, 2.24) is 4.31 Å². The fraction of sp³-hybridized carbons (Fsp3) is 0.278. The van der Waals surface area contributed by atoms with Gasteiger partial charge < -0.3 is 10.5 Å². The summed E-state index contributed by atoms with van der Waals surface area (Å²) in [6.45, 7) is 1.16. The number of nitrogens with two attached hydrogens (primary N) is 1. The summed E-state index contributed by atoms with van der Waals surface area (Å²) < 4.78 is 58.6. The lowest BCUT2D eigenvalue weighted by atomic mass is 10.2. The molecule has 1 heterocycles. The van der Waals surface area contributed by atoms with Crippen molar-refractivity contribution in [1.29, 1.82) is 0 Å². The maximum Gasteiger partial charge on any atom is 0.264 e. The lowest BCUT2D eigenvalue weighted by Gasteiger charge is -2.26. The molecule has 3 rings (SSSR count). The average Bonchev–Trinajstić information content (AvgIpc) is 2.74. The first kappa shape index (κ1) is 21.2. The van der Waals surface area contributed by atoms with Gasteiger partial charge in [-0.1, -0.05) is 0 Å². The van der Waals surface area contributed by atoms with Crippen LogP contribution in [0.4, 0.5) is 5.69 Å². The summed E-state index contributed by atoms with van der Waals surface area (Å²) in [6, 6.07) is 10.9. The Bertz CT molecular complexity index is 1090. The van der Waals surface area contributed by atoms with E-state index in [1.807, 2.05) is 0 Å². The minimum Gasteiger partial charge on any atom is -0.379 e. The molecule has 0 unspecified atom stereocenters. The Kier molecular flexibility index (Phi) is 5.94. The SMILES string of the molecule is CN(c1ccc(C(N)=O)cc1)S(=O)(=O)c1ccc(S(=O)(=O)N2CCOCC2)cc1. The van der Waals surface area contributed by atoms with Gasteiger partial charge in [0.05, 0.1) is 28.7 Å². The van der Waals surface area contributed by atoms with Crippen LogP contribution in [0.2, 0.25) is 0 Å². The van der Waals surface area contributed by atoms with Crippen LogP contribution in [0.15, 0.2) is 58.3 Å². The van der Waals surface area contributed by atoms with Crippen LogP contribution in [0.25, 0.3) is 0 Å². The number of carbonyl (C=O) groups is 1. The Hall–Kier alpha value is -2.47. The topological polar surface area (TPSA) is 127 Å². The summed E-state index contributed by atoms with van der Waals surface area (Å²) in [7, 11) is -6.26. The summed E-state index contributed by atoms with van der Waals surface area (Å²) >= 11 is 0. The molecule has 9 nitrogen and oxygen atoms in total. The number of carbonyl (C=O) groups excluding carboxylic acids is 1. The van der Waals surface area contributed by atoms with Gasteiger partial charge in [0, 0.05) is 25.7 Å². The summed E-state index contributed by atoms with van der Waals surface area (Å²) in [5.41, 5.74) is 5.78. The zero-order valence-corrected chi connectivity index (χ0v) is 17.3. The van der Waals surface area contributed by atoms with E-state index >= 15 is 0 Å². The first-order valence-corrected chi connectivity index (χ1v) is 11.6. The van der Waals surface area contributed by atoms with Crippen molar-refractivity contribution in [2.75, 3.05) is 37.7 Å². The first-order valence-electron chi connectivity index (χ1n) is 8.71. The number of morpholine rings is 1. The van der Waals surface area contributed by atoms with Gasteiger partial charge in [0.1, 0.15) is 0 Å². The van der Waals surface area contributed by atoms with Crippen molar-refractivity contribution in [2.24, 2.45) is 5.73 Å². The Morgan fingerprint density at radius 2 is 1.45 bits per heavy atom. The molecule has 0 aromatic heterocycles. The molecule has 2 N–H and O–H groups in total. The number of primary amides is 1. The molecule has 2 aromatic carbocycles. The fourth-order valence-corrected chi connectivity index (χ4v) is 5.46. The second-order valence-electron chi connectivity index (χ2n) is 6.37. The molecule has 1 amide bonds. The van der Waals surface area contributed by atoms with Gasteiger partial charge in [-0.25, -0.2) is 16.8 Å². The van der Waals surface area contributed by atoms with Crippen molar-refractivity contribution in [3.63, 3.8) is 0 Å². The highest BCUT2D eigenvalue weighted by Gasteiger charge is 2.27. The van der Waals surface area contributed by atoms with E-state index in [1.165, 1.54) is 59.9 Å². The second-order valence-corrected chi connectivity index (χ2v) is 10.3. The molecule has 0 aliphatic carbocycles. The molecule has 0 saturated carbocycles. The number of nitrogens with zero attached hydrogens (tertiary/aromatic N) is 2. The monoisotopic (exact) mass is 439 g/mol. The van der Waals surface area contributed by atoms with Crippen LogP contribution in [0.3, 0.4) is 0 Å². The molecule has 156 valence electrons. The van der Waals surface area contributed by atoms with Crippen molar-refractivity contribution < 1.29 is 26.4 Å². The Morgan fingerprint density at radius 1 is 0.931 bits per heavy atom.